The fourth-order valence-corrected chi connectivity index (χ4v) is 2.60. The van der Waals surface area contributed by atoms with Crippen LogP contribution < -0.4 is 5.73 Å². The fraction of sp³-hybridized carbons (Fsp3) is 0.615. The molecule has 0 spiro atoms. The Kier molecular flexibility index (Phi) is 9.45. The van der Waals surface area contributed by atoms with E-state index < -0.39 is 0 Å². The third-order valence-electron chi connectivity index (χ3n) is 2.78. The Morgan fingerprint density at radius 2 is 2.11 bits per heavy atom. The van der Waals surface area contributed by atoms with E-state index in [2.05, 4.69) is 48.2 Å². The van der Waals surface area contributed by atoms with Gasteiger partial charge in [0.1, 0.15) is 0 Å². The van der Waals surface area contributed by atoms with Crippen LogP contribution in [0.1, 0.15) is 25.6 Å². The van der Waals surface area contributed by atoms with E-state index in [1.807, 2.05) is 11.3 Å². The van der Waals surface area contributed by atoms with Crippen molar-refractivity contribution in [2.24, 2.45) is 16.6 Å². The van der Waals surface area contributed by atoms with Gasteiger partial charge in [-0.05, 0) is 37.6 Å². The van der Waals surface area contributed by atoms with Crippen molar-refractivity contribution in [2.45, 2.75) is 27.2 Å². The maximum atomic E-state index is 5.94. The zero-order valence-corrected chi connectivity index (χ0v) is 14.6. The van der Waals surface area contributed by atoms with E-state index in [9.17, 15) is 0 Å². The second-order valence-electron chi connectivity index (χ2n) is 4.26. The maximum absolute atomic E-state index is 5.94. The third-order valence-corrected chi connectivity index (χ3v) is 3.68. The molecule has 1 aromatic rings. The van der Waals surface area contributed by atoms with Gasteiger partial charge in [0, 0.05) is 24.5 Å². The Labute approximate surface area is 131 Å². The van der Waals surface area contributed by atoms with Crippen molar-refractivity contribution in [3.8, 4) is 0 Å². The van der Waals surface area contributed by atoms with Crippen LogP contribution in [0.4, 0.5) is 0 Å². The van der Waals surface area contributed by atoms with E-state index in [-0.39, 0.29) is 24.0 Å². The third kappa shape index (κ3) is 6.04. The van der Waals surface area contributed by atoms with Crippen molar-refractivity contribution in [2.75, 3.05) is 19.6 Å². The molecule has 0 bridgehead atoms. The monoisotopic (exact) mass is 381 g/mol. The molecular formula is C13H24IN3S. The van der Waals surface area contributed by atoms with E-state index in [4.69, 9.17) is 5.73 Å². The van der Waals surface area contributed by atoms with Gasteiger partial charge in [0.25, 0.3) is 0 Å². The quantitative estimate of drug-likeness (QED) is 0.467. The minimum Gasteiger partial charge on any atom is -0.370 e. The highest BCUT2D eigenvalue weighted by Gasteiger charge is 2.06. The summed E-state index contributed by atoms with van der Waals surface area (Å²) in [5.41, 5.74) is 5.94. The summed E-state index contributed by atoms with van der Waals surface area (Å²) in [5, 5.41) is 2.12. The summed E-state index contributed by atoms with van der Waals surface area (Å²) in [4.78, 5) is 7.98. The highest BCUT2D eigenvalue weighted by atomic mass is 127. The molecule has 0 radical (unpaired) electrons. The van der Waals surface area contributed by atoms with Crippen LogP contribution in [0.3, 0.4) is 0 Å². The van der Waals surface area contributed by atoms with Gasteiger partial charge in [-0.1, -0.05) is 13.0 Å². The average Bonchev–Trinajstić information content (AvgIpc) is 2.81. The topological polar surface area (TPSA) is 41.6 Å². The van der Waals surface area contributed by atoms with Crippen LogP contribution in [0.5, 0.6) is 0 Å². The van der Waals surface area contributed by atoms with E-state index in [0.29, 0.717) is 11.9 Å². The summed E-state index contributed by atoms with van der Waals surface area (Å²) in [7, 11) is 0. The van der Waals surface area contributed by atoms with Gasteiger partial charge in [-0.3, -0.25) is 4.99 Å². The molecule has 1 unspecified atom stereocenters. The van der Waals surface area contributed by atoms with E-state index in [1.165, 1.54) is 4.88 Å². The van der Waals surface area contributed by atoms with Crippen LogP contribution >= 0.6 is 35.3 Å². The lowest BCUT2D eigenvalue weighted by Gasteiger charge is -2.20. The Morgan fingerprint density at radius 3 is 2.61 bits per heavy atom. The zero-order chi connectivity index (χ0) is 12.7. The predicted molar refractivity (Wildman–Crippen MR) is 92.0 cm³/mol. The smallest absolute Gasteiger partial charge is 0.191 e. The van der Waals surface area contributed by atoms with Crippen LogP contribution in [-0.2, 0) is 6.42 Å². The molecule has 0 aliphatic heterocycles. The number of hydrogen-bond donors (Lipinski definition) is 1. The van der Waals surface area contributed by atoms with E-state index >= 15 is 0 Å². The molecule has 0 saturated heterocycles. The summed E-state index contributed by atoms with van der Waals surface area (Å²) in [6.45, 7) is 9.07. The number of hydrogen-bond acceptors (Lipinski definition) is 2. The van der Waals surface area contributed by atoms with Crippen LogP contribution in [0.25, 0.3) is 0 Å². The first kappa shape index (κ1) is 17.7. The maximum Gasteiger partial charge on any atom is 0.191 e. The van der Waals surface area contributed by atoms with Gasteiger partial charge < -0.3 is 10.6 Å². The number of aliphatic imine (C=N–C) groups is 1. The first-order valence-electron chi connectivity index (χ1n) is 6.24. The van der Waals surface area contributed by atoms with Crippen LogP contribution in [0.2, 0.25) is 0 Å². The highest BCUT2D eigenvalue weighted by Crippen LogP contribution is 2.14. The second-order valence-corrected chi connectivity index (χ2v) is 5.29. The normalized spacial score (nSPS) is 12.9. The van der Waals surface area contributed by atoms with Crippen molar-refractivity contribution in [1.29, 1.82) is 0 Å². The highest BCUT2D eigenvalue weighted by molar-refractivity contribution is 14.0. The number of guanidine groups is 1. The standard InChI is InChI=1S/C13H23N3S.HI/c1-4-16(5-2)13(14)15-10-11(3)9-12-7-6-8-17-12;/h6-8,11H,4-5,9-10H2,1-3H3,(H2,14,15);1H. The summed E-state index contributed by atoms with van der Waals surface area (Å²) in [5.74, 6) is 1.22. The van der Waals surface area contributed by atoms with Gasteiger partial charge in [0.05, 0.1) is 0 Å². The van der Waals surface area contributed by atoms with Crippen LogP contribution in [-0.4, -0.2) is 30.5 Å². The number of rotatable bonds is 6. The molecule has 104 valence electrons. The lowest BCUT2D eigenvalue weighted by Crippen LogP contribution is -2.37. The van der Waals surface area contributed by atoms with Crippen molar-refractivity contribution >= 4 is 41.3 Å². The van der Waals surface area contributed by atoms with E-state index in [1.54, 1.807) is 0 Å². The Morgan fingerprint density at radius 1 is 1.44 bits per heavy atom. The Hall–Kier alpha value is -0.300. The van der Waals surface area contributed by atoms with Gasteiger partial charge in [-0.2, -0.15) is 0 Å². The molecule has 0 amide bonds. The van der Waals surface area contributed by atoms with Gasteiger partial charge in [0.2, 0.25) is 0 Å². The number of thiophene rings is 1. The van der Waals surface area contributed by atoms with Crippen LogP contribution in [0.15, 0.2) is 22.5 Å². The predicted octanol–water partition coefficient (Wildman–Crippen LogP) is 3.20. The molecule has 0 fully saturated rings. The van der Waals surface area contributed by atoms with Gasteiger partial charge >= 0.3 is 0 Å². The molecule has 18 heavy (non-hydrogen) atoms. The number of nitrogens with zero attached hydrogens (tertiary/aromatic N) is 2. The van der Waals surface area contributed by atoms with Gasteiger partial charge in [0.15, 0.2) is 5.96 Å². The number of halogens is 1. The minimum atomic E-state index is 0. The summed E-state index contributed by atoms with van der Waals surface area (Å²) >= 11 is 1.81. The van der Waals surface area contributed by atoms with Crippen molar-refractivity contribution in [3.63, 3.8) is 0 Å². The summed E-state index contributed by atoms with van der Waals surface area (Å²) < 4.78 is 0. The molecule has 1 atom stereocenters. The lowest BCUT2D eigenvalue weighted by atomic mass is 10.1. The molecule has 0 aromatic carbocycles. The molecule has 2 N–H and O–H groups in total. The fourth-order valence-electron chi connectivity index (χ4n) is 1.73. The minimum absolute atomic E-state index is 0. The van der Waals surface area contributed by atoms with Gasteiger partial charge in [-0.25, -0.2) is 0 Å². The summed E-state index contributed by atoms with van der Waals surface area (Å²) in [6.07, 6.45) is 1.09. The molecular weight excluding hydrogens is 357 g/mol. The molecule has 1 rings (SSSR count). The van der Waals surface area contributed by atoms with Crippen molar-refractivity contribution in [1.82, 2.24) is 4.90 Å². The second kappa shape index (κ2) is 9.61. The van der Waals surface area contributed by atoms with E-state index in [0.717, 1.165) is 26.1 Å². The molecule has 0 saturated carbocycles. The molecule has 1 heterocycles. The Balaban J connectivity index is 0.00000289. The first-order valence-corrected chi connectivity index (χ1v) is 7.12. The zero-order valence-electron chi connectivity index (χ0n) is 11.4. The van der Waals surface area contributed by atoms with Crippen LogP contribution in [0, 0.1) is 5.92 Å². The summed E-state index contributed by atoms with van der Waals surface area (Å²) in [6, 6.07) is 4.28. The first-order chi connectivity index (χ1) is 8.17. The average molecular weight is 381 g/mol. The largest absolute Gasteiger partial charge is 0.370 e. The number of nitrogens with two attached hydrogens (primary N) is 1. The molecule has 3 nitrogen and oxygen atoms in total. The lowest BCUT2D eigenvalue weighted by molar-refractivity contribution is 0.455. The molecule has 0 aliphatic rings. The van der Waals surface area contributed by atoms with Crippen molar-refractivity contribution in [3.05, 3.63) is 22.4 Å². The van der Waals surface area contributed by atoms with Crippen molar-refractivity contribution < 1.29 is 0 Å². The molecule has 1 aromatic heterocycles. The Bertz CT molecular complexity index is 334. The SMILES string of the molecule is CCN(CC)C(N)=NCC(C)Cc1cccs1.I. The molecule has 5 heteroatoms. The van der Waals surface area contributed by atoms with Gasteiger partial charge in [-0.15, -0.1) is 35.3 Å². The molecule has 0 aliphatic carbocycles.